The summed E-state index contributed by atoms with van der Waals surface area (Å²) in [5.74, 6) is 2.10. The van der Waals surface area contributed by atoms with Gasteiger partial charge in [-0.3, -0.25) is 0 Å². The summed E-state index contributed by atoms with van der Waals surface area (Å²) >= 11 is 1.64. The van der Waals surface area contributed by atoms with E-state index in [4.69, 9.17) is 0 Å². The normalized spacial score (nSPS) is 17.9. The first kappa shape index (κ1) is 11.8. The van der Waals surface area contributed by atoms with Gasteiger partial charge in [-0.25, -0.2) is 4.98 Å². The fraction of sp³-hybridized carbons (Fsp3) is 0.200. The Labute approximate surface area is 121 Å². The first-order valence-corrected chi connectivity index (χ1v) is 7.54. The number of allylic oxidation sites excluding steroid dienone is 2. The second kappa shape index (κ2) is 4.52. The molecule has 5 heteroatoms. The van der Waals surface area contributed by atoms with Gasteiger partial charge in [-0.15, -0.1) is 0 Å². The largest absolute Gasteiger partial charge is 0.334 e. The fourth-order valence-electron chi connectivity index (χ4n) is 2.59. The van der Waals surface area contributed by atoms with E-state index in [9.17, 15) is 0 Å². The molecule has 0 spiro atoms. The number of imidazole rings is 1. The van der Waals surface area contributed by atoms with Crippen molar-refractivity contribution >= 4 is 34.4 Å². The highest BCUT2D eigenvalue weighted by Gasteiger charge is 2.21. The van der Waals surface area contributed by atoms with Crippen LogP contribution >= 0.6 is 11.9 Å². The van der Waals surface area contributed by atoms with E-state index in [-0.39, 0.29) is 0 Å². The molecule has 0 fully saturated rings. The van der Waals surface area contributed by atoms with Crippen molar-refractivity contribution in [1.29, 1.82) is 0 Å². The van der Waals surface area contributed by atoms with Crippen molar-refractivity contribution in [1.82, 2.24) is 14.5 Å². The quantitative estimate of drug-likeness (QED) is 0.754. The van der Waals surface area contributed by atoms with Gasteiger partial charge < -0.3 is 9.47 Å². The lowest BCUT2D eigenvalue weighted by Crippen LogP contribution is -2.32. The number of fused-ring (bicyclic) bond motifs is 2. The van der Waals surface area contributed by atoms with Gasteiger partial charge in [0, 0.05) is 31.1 Å². The van der Waals surface area contributed by atoms with E-state index in [0.29, 0.717) is 0 Å². The molecular weight excluding hydrogens is 268 g/mol. The van der Waals surface area contributed by atoms with E-state index in [1.54, 1.807) is 11.9 Å². The third-order valence-electron chi connectivity index (χ3n) is 3.65. The number of amidine groups is 1. The van der Waals surface area contributed by atoms with Gasteiger partial charge >= 0.3 is 0 Å². The zero-order valence-corrected chi connectivity index (χ0v) is 12.0. The molecule has 0 saturated heterocycles. The van der Waals surface area contributed by atoms with Crippen molar-refractivity contribution in [2.75, 3.05) is 12.3 Å². The van der Waals surface area contributed by atoms with Crippen molar-refractivity contribution < 1.29 is 0 Å². The van der Waals surface area contributed by atoms with Crippen LogP contribution in [0.1, 0.15) is 5.56 Å². The molecule has 0 unspecified atom stereocenters. The van der Waals surface area contributed by atoms with Crippen LogP contribution in [0.2, 0.25) is 0 Å². The number of hydrogen-bond donors (Lipinski definition) is 0. The lowest BCUT2D eigenvalue weighted by atomic mass is 10.0. The fourth-order valence-corrected chi connectivity index (χ4v) is 3.29. The Balaban J connectivity index is 1.85. The third kappa shape index (κ3) is 1.78. The molecule has 2 aromatic rings. The van der Waals surface area contributed by atoms with E-state index in [1.807, 2.05) is 17.9 Å². The summed E-state index contributed by atoms with van der Waals surface area (Å²) in [7, 11) is 2.02. The monoisotopic (exact) mass is 282 g/mol. The van der Waals surface area contributed by atoms with Crippen LogP contribution in [0.25, 0.3) is 16.6 Å². The number of benzene rings is 1. The van der Waals surface area contributed by atoms with Crippen LogP contribution in [-0.4, -0.2) is 32.6 Å². The molecule has 100 valence electrons. The molecule has 4 nitrogen and oxygen atoms in total. The van der Waals surface area contributed by atoms with Gasteiger partial charge in [-0.1, -0.05) is 6.07 Å². The minimum atomic E-state index is 1.02. The second-order valence-electron chi connectivity index (χ2n) is 4.92. The number of rotatable bonds is 1. The highest BCUT2D eigenvalue weighted by atomic mass is 32.2. The predicted octanol–water partition coefficient (Wildman–Crippen LogP) is 2.85. The molecule has 20 heavy (non-hydrogen) atoms. The number of aromatic nitrogens is 2. The van der Waals surface area contributed by atoms with Gasteiger partial charge in [0.1, 0.15) is 5.84 Å². The maximum absolute atomic E-state index is 4.62. The number of nitrogens with zero attached hydrogens (tertiary/aromatic N) is 4. The highest BCUT2D eigenvalue weighted by molar-refractivity contribution is 7.98. The number of aryl methyl sites for hydroxylation is 1. The maximum atomic E-state index is 4.62. The molecule has 0 atom stereocenters. The van der Waals surface area contributed by atoms with Gasteiger partial charge in [0.15, 0.2) is 0 Å². The first-order valence-electron chi connectivity index (χ1n) is 6.60. The Hall–Kier alpha value is -2.01. The van der Waals surface area contributed by atoms with Crippen molar-refractivity contribution in [3.63, 3.8) is 0 Å². The van der Waals surface area contributed by atoms with Crippen molar-refractivity contribution in [2.45, 2.75) is 0 Å². The average Bonchev–Trinajstić information content (AvgIpc) is 2.88. The Kier molecular flexibility index (Phi) is 2.67. The van der Waals surface area contributed by atoms with Crippen LogP contribution in [0.15, 0.2) is 47.3 Å². The average molecular weight is 282 g/mol. The highest BCUT2D eigenvalue weighted by Crippen LogP contribution is 2.28. The second-order valence-corrected chi connectivity index (χ2v) is 5.77. The molecular formula is C15H14N4S. The van der Waals surface area contributed by atoms with E-state index in [1.165, 1.54) is 11.1 Å². The first-order chi connectivity index (χ1) is 9.83. The Morgan fingerprint density at radius 3 is 3.20 bits per heavy atom. The molecule has 2 aliphatic rings. The van der Waals surface area contributed by atoms with Crippen molar-refractivity contribution in [3.8, 4) is 0 Å². The molecule has 0 radical (unpaired) electrons. The topological polar surface area (TPSA) is 33.4 Å². The van der Waals surface area contributed by atoms with Gasteiger partial charge in [-0.05, 0) is 41.8 Å². The molecule has 0 amide bonds. The van der Waals surface area contributed by atoms with E-state index >= 15 is 0 Å². The minimum absolute atomic E-state index is 1.02. The molecule has 2 aliphatic heterocycles. The van der Waals surface area contributed by atoms with Crippen LogP contribution in [0.3, 0.4) is 0 Å². The van der Waals surface area contributed by atoms with Gasteiger partial charge in [0.05, 0.1) is 17.4 Å². The van der Waals surface area contributed by atoms with E-state index in [2.05, 4.69) is 50.8 Å². The zero-order chi connectivity index (χ0) is 13.5. The van der Waals surface area contributed by atoms with Crippen LogP contribution in [-0.2, 0) is 7.05 Å². The van der Waals surface area contributed by atoms with Crippen LogP contribution < -0.4 is 0 Å². The summed E-state index contributed by atoms with van der Waals surface area (Å²) in [6.45, 7) is 1.02. The van der Waals surface area contributed by atoms with E-state index < -0.39 is 0 Å². The van der Waals surface area contributed by atoms with E-state index in [0.717, 1.165) is 29.2 Å². The summed E-state index contributed by atoms with van der Waals surface area (Å²) in [5.41, 5.74) is 4.55. The molecule has 1 aromatic heterocycles. The third-order valence-corrected chi connectivity index (χ3v) is 4.32. The molecule has 4 rings (SSSR count). The van der Waals surface area contributed by atoms with Crippen LogP contribution in [0, 0.1) is 0 Å². The van der Waals surface area contributed by atoms with Crippen molar-refractivity contribution in [2.24, 2.45) is 11.4 Å². The Morgan fingerprint density at radius 1 is 1.30 bits per heavy atom. The predicted molar refractivity (Wildman–Crippen MR) is 84.4 cm³/mol. The standard InChI is InChI=1S/C15H14N4S/c1-18-10-16-13-5-4-11(9-14(13)18)12-3-2-6-19-7-8-20-17-15(12)19/h2-6,9-10H,7-8H2,1H3. The summed E-state index contributed by atoms with van der Waals surface area (Å²) in [5, 5.41) is 0. The molecule has 0 N–H and O–H groups in total. The summed E-state index contributed by atoms with van der Waals surface area (Å²) < 4.78 is 6.67. The Bertz CT molecular complexity index is 769. The lowest BCUT2D eigenvalue weighted by molar-refractivity contribution is 0.594. The summed E-state index contributed by atoms with van der Waals surface area (Å²) in [6.07, 6.45) is 8.19. The van der Waals surface area contributed by atoms with Gasteiger partial charge in [0.2, 0.25) is 0 Å². The lowest BCUT2D eigenvalue weighted by Gasteiger charge is -2.29. The van der Waals surface area contributed by atoms with Crippen LogP contribution in [0.4, 0.5) is 0 Å². The maximum Gasteiger partial charge on any atom is 0.148 e. The van der Waals surface area contributed by atoms with Crippen molar-refractivity contribution in [3.05, 3.63) is 48.4 Å². The zero-order valence-electron chi connectivity index (χ0n) is 11.2. The molecule has 1 aromatic carbocycles. The minimum Gasteiger partial charge on any atom is -0.334 e. The Morgan fingerprint density at radius 2 is 2.25 bits per heavy atom. The molecule has 3 heterocycles. The summed E-state index contributed by atoms with van der Waals surface area (Å²) in [4.78, 5) is 6.59. The van der Waals surface area contributed by atoms with Gasteiger partial charge in [-0.2, -0.15) is 4.40 Å². The SMILES string of the molecule is Cn1cnc2ccc(C3=CC=CN4CCSN=C34)cc21. The molecule has 0 saturated carbocycles. The molecule has 0 bridgehead atoms. The van der Waals surface area contributed by atoms with Crippen LogP contribution in [0.5, 0.6) is 0 Å². The molecule has 0 aliphatic carbocycles. The van der Waals surface area contributed by atoms with Gasteiger partial charge in [0.25, 0.3) is 0 Å². The summed E-state index contributed by atoms with van der Waals surface area (Å²) in [6, 6.07) is 6.39. The number of hydrogen-bond acceptors (Lipinski definition) is 4. The smallest absolute Gasteiger partial charge is 0.148 e.